The molecule has 8 nitrogen and oxygen atoms in total. The van der Waals surface area contributed by atoms with Crippen molar-refractivity contribution in [3.05, 3.63) is 78.2 Å². The SMILES string of the molecule is O=C(Nc1ccc(-n2cncn2)cc1)C1CCN(S(=O)(=O)/C=C/c2ccccc2)CC1. The first-order chi connectivity index (χ1) is 15.0. The number of aromatic nitrogens is 3. The largest absolute Gasteiger partial charge is 0.326 e. The molecule has 0 aliphatic carbocycles. The van der Waals surface area contributed by atoms with Gasteiger partial charge in [0.05, 0.1) is 5.69 Å². The van der Waals surface area contributed by atoms with Gasteiger partial charge in [0.1, 0.15) is 12.7 Å². The van der Waals surface area contributed by atoms with E-state index >= 15 is 0 Å². The van der Waals surface area contributed by atoms with Crippen LogP contribution in [0.15, 0.2) is 72.7 Å². The summed E-state index contributed by atoms with van der Waals surface area (Å²) in [5, 5.41) is 8.22. The number of nitrogens with zero attached hydrogens (tertiary/aromatic N) is 4. The van der Waals surface area contributed by atoms with Crippen molar-refractivity contribution in [2.24, 2.45) is 5.92 Å². The van der Waals surface area contributed by atoms with E-state index in [0.717, 1.165) is 11.3 Å². The van der Waals surface area contributed by atoms with E-state index in [-0.39, 0.29) is 11.8 Å². The Bertz CT molecular complexity index is 1140. The van der Waals surface area contributed by atoms with Crippen LogP contribution in [0.5, 0.6) is 0 Å². The van der Waals surface area contributed by atoms with Gasteiger partial charge in [-0.05, 0) is 48.7 Å². The Morgan fingerprint density at radius 1 is 1.03 bits per heavy atom. The second-order valence-corrected chi connectivity index (χ2v) is 9.13. The monoisotopic (exact) mass is 437 g/mol. The number of amides is 1. The van der Waals surface area contributed by atoms with Gasteiger partial charge in [-0.15, -0.1) is 0 Å². The van der Waals surface area contributed by atoms with Crippen molar-refractivity contribution >= 4 is 27.7 Å². The molecule has 1 aliphatic heterocycles. The number of hydrogen-bond acceptors (Lipinski definition) is 5. The minimum atomic E-state index is -3.51. The average Bonchev–Trinajstić information content (AvgIpc) is 3.34. The standard InChI is InChI=1S/C22H23N5O3S/c28-22(25-20-6-8-21(9-7-20)27-17-23-16-24-27)19-10-13-26(14-11-19)31(29,30)15-12-18-4-2-1-3-5-18/h1-9,12,15-17,19H,10-11,13-14H2,(H,25,28)/b15-12+. The van der Waals surface area contributed by atoms with Crippen LogP contribution >= 0.6 is 0 Å². The van der Waals surface area contributed by atoms with E-state index in [1.54, 1.807) is 17.1 Å². The molecule has 160 valence electrons. The second kappa shape index (κ2) is 9.23. The Hall–Kier alpha value is -3.30. The Kier molecular flexibility index (Phi) is 6.24. The molecule has 0 radical (unpaired) electrons. The lowest BCUT2D eigenvalue weighted by Gasteiger charge is -2.29. The number of benzene rings is 2. The number of anilines is 1. The summed E-state index contributed by atoms with van der Waals surface area (Å²) in [4.78, 5) is 16.5. The van der Waals surface area contributed by atoms with Crippen molar-refractivity contribution in [3.8, 4) is 5.69 Å². The Morgan fingerprint density at radius 2 is 1.74 bits per heavy atom. The number of carbonyl (C=O) groups excluding carboxylic acids is 1. The molecule has 31 heavy (non-hydrogen) atoms. The van der Waals surface area contributed by atoms with Gasteiger partial charge in [0.15, 0.2) is 0 Å². The zero-order valence-electron chi connectivity index (χ0n) is 16.8. The lowest BCUT2D eigenvalue weighted by molar-refractivity contribution is -0.120. The smallest absolute Gasteiger partial charge is 0.236 e. The van der Waals surface area contributed by atoms with E-state index in [2.05, 4.69) is 15.4 Å². The molecular weight excluding hydrogens is 414 g/mol. The highest BCUT2D eigenvalue weighted by atomic mass is 32.2. The molecule has 9 heteroatoms. The third-order valence-corrected chi connectivity index (χ3v) is 6.80. The quantitative estimate of drug-likeness (QED) is 0.640. The van der Waals surface area contributed by atoms with Gasteiger partial charge in [0.2, 0.25) is 15.9 Å². The van der Waals surface area contributed by atoms with Crippen LogP contribution < -0.4 is 5.32 Å². The Morgan fingerprint density at radius 3 is 2.39 bits per heavy atom. The van der Waals surface area contributed by atoms with Crippen LogP contribution in [0.3, 0.4) is 0 Å². The van der Waals surface area contributed by atoms with Gasteiger partial charge in [-0.2, -0.15) is 9.40 Å². The minimum absolute atomic E-state index is 0.0922. The summed E-state index contributed by atoms with van der Waals surface area (Å²) < 4.78 is 28.2. The van der Waals surface area contributed by atoms with Crippen LogP contribution in [0.25, 0.3) is 11.8 Å². The highest BCUT2D eigenvalue weighted by molar-refractivity contribution is 7.92. The minimum Gasteiger partial charge on any atom is -0.326 e. The lowest BCUT2D eigenvalue weighted by atomic mass is 9.97. The molecule has 2 heterocycles. The lowest BCUT2D eigenvalue weighted by Crippen LogP contribution is -2.40. The number of piperidine rings is 1. The molecule has 1 amide bonds. The maximum atomic E-state index is 12.6. The third-order valence-electron chi connectivity index (χ3n) is 5.23. The van der Waals surface area contributed by atoms with Crippen LogP contribution in [0.2, 0.25) is 0 Å². The number of sulfonamides is 1. The summed E-state index contributed by atoms with van der Waals surface area (Å²) in [6, 6.07) is 16.6. The molecule has 4 rings (SSSR count). The molecule has 0 unspecified atom stereocenters. The molecule has 2 aromatic carbocycles. The van der Waals surface area contributed by atoms with Crippen LogP contribution in [-0.2, 0) is 14.8 Å². The van der Waals surface area contributed by atoms with E-state index in [0.29, 0.717) is 31.6 Å². The van der Waals surface area contributed by atoms with Gasteiger partial charge in [-0.3, -0.25) is 4.79 Å². The van der Waals surface area contributed by atoms with Crippen LogP contribution in [0, 0.1) is 5.92 Å². The van der Waals surface area contributed by atoms with Gasteiger partial charge in [-0.25, -0.2) is 18.1 Å². The van der Waals surface area contributed by atoms with Crippen LogP contribution in [-0.4, -0.2) is 46.5 Å². The van der Waals surface area contributed by atoms with Gasteiger partial charge in [0.25, 0.3) is 0 Å². The first kappa shape index (κ1) is 21.0. The van der Waals surface area contributed by atoms with E-state index in [1.807, 2.05) is 54.6 Å². The predicted molar refractivity (Wildman–Crippen MR) is 119 cm³/mol. The van der Waals surface area contributed by atoms with E-state index in [4.69, 9.17) is 0 Å². The summed E-state index contributed by atoms with van der Waals surface area (Å²) in [6.07, 6.45) is 5.63. The normalized spacial score (nSPS) is 15.9. The Balaban J connectivity index is 1.31. The van der Waals surface area contributed by atoms with Gasteiger partial charge >= 0.3 is 0 Å². The zero-order chi connectivity index (χ0) is 21.7. The summed E-state index contributed by atoms with van der Waals surface area (Å²) in [7, 11) is -3.51. The summed E-state index contributed by atoms with van der Waals surface area (Å²) in [6.45, 7) is 0.648. The molecular formula is C22H23N5O3S. The van der Waals surface area contributed by atoms with Gasteiger partial charge in [0, 0.05) is 30.1 Å². The summed E-state index contributed by atoms with van der Waals surface area (Å²) in [5.74, 6) is -0.315. The van der Waals surface area contributed by atoms with Crippen molar-refractivity contribution in [2.45, 2.75) is 12.8 Å². The van der Waals surface area contributed by atoms with Crippen molar-refractivity contribution in [1.82, 2.24) is 19.1 Å². The number of carbonyl (C=O) groups is 1. The predicted octanol–water partition coefficient (Wildman–Crippen LogP) is 2.92. The molecule has 3 aromatic rings. The van der Waals surface area contributed by atoms with Crippen molar-refractivity contribution in [3.63, 3.8) is 0 Å². The highest BCUT2D eigenvalue weighted by Gasteiger charge is 2.30. The fourth-order valence-corrected chi connectivity index (χ4v) is 4.69. The molecule has 0 atom stereocenters. The maximum Gasteiger partial charge on any atom is 0.236 e. The molecule has 1 N–H and O–H groups in total. The topological polar surface area (TPSA) is 97.2 Å². The zero-order valence-corrected chi connectivity index (χ0v) is 17.6. The molecule has 1 fully saturated rings. The summed E-state index contributed by atoms with van der Waals surface area (Å²) >= 11 is 0. The van der Waals surface area contributed by atoms with E-state index in [1.165, 1.54) is 16.0 Å². The molecule has 0 bridgehead atoms. The maximum absolute atomic E-state index is 12.6. The average molecular weight is 438 g/mol. The molecule has 1 aromatic heterocycles. The fourth-order valence-electron chi connectivity index (χ4n) is 3.47. The van der Waals surface area contributed by atoms with E-state index < -0.39 is 10.0 Å². The first-order valence-electron chi connectivity index (χ1n) is 10.0. The highest BCUT2D eigenvalue weighted by Crippen LogP contribution is 2.23. The molecule has 1 aliphatic rings. The number of rotatable bonds is 6. The van der Waals surface area contributed by atoms with E-state index in [9.17, 15) is 13.2 Å². The van der Waals surface area contributed by atoms with Crippen LogP contribution in [0.1, 0.15) is 18.4 Å². The molecule has 1 saturated heterocycles. The number of hydrogen-bond donors (Lipinski definition) is 1. The van der Waals surface area contributed by atoms with Crippen molar-refractivity contribution in [1.29, 1.82) is 0 Å². The third kappa shape index (κ3) is 5.25. The Labute approximate surface area is 181 Å². The second-order valence-electron chi connectivity index (χ2n) is 7.31. The molecule has 0 saturated carbocycles. The first-order valence-corrected chi connectivity index (χ1v) is 11.5. The number of nitrogens with one attached hydrogen (secondary N) is 1. The van der Waals surface area contributed by atoms with Gasteiger partial charge < -0.3 is 5.32 Å². The summed E-state index contributed by atoms with van der Waals surface area (Å²) in [5.41, 5.74) is 2.36. The fraction of sp³-hybridized carbons (Fsp3) is 0.227. The molecule has 0 spiro atoms. The van der Waals surface area contributed by atoms with Gasteiger partial charge in [-0.1, -0.05) is 30.3 Å². The van der Waals surface area contributed by atoms with Crippen LogP contribution in [0.4, 0.5) is 5.69 Å². The van der Waals surface area contributed by atoms with Crippen molar-refractivity contribution < 1.29 is 13.2 Å². The van der Waals surface area contributed by atoms with Crippen molar-refractivity contribution in [2.75, 3.05) is 18.4 Å².